The van der Waals surface area contributed by atoms with Crippen molar-refractivity contribution in [3.63, 3.8) is 0 Å². The Morgan fingerprint density at radius 2 is 2.14 bits per heavy atom. The molecule has 0 spiro atoms. The molecular formula is C21H17ClN4O2. The number of fused-ring (bicyclic) bond motifs is 2. The smallest absolute Gasteiger partial charge is 0.251 e. The lowest BCUT2D eigenvalue weighted by atomic mass is 9.88. The molecule has 2 unspecified atom stereocenters. The van der Waals surface area contributed by atoms with Gasteiger partial charge in [0.05, 0.1) is 40.3 Å². The maximum Gasteiger partial charge on any atom is 0.251 e. The molecule has 0 saturated heterocycles. The van der Waals surface area contributed by atoms with Crippen LogP contribution in [0.4, 0.5) is 0 Å². The predicted molar refractivity (Wildman–Crippen MR) is 103 cm³/mol. The molecule has 2 aliphatic carbocycles. The van der Waals surface area contributed by atoms with Crippen molar-refractivity contribution in [3.05, 3.63) is 70.8 Å². The molecule has 28 heavy (non-hydrogen) atoms. The Labute approximate surface area is 166 Å². The molecule has 7 heteroatoms. The normalized spacial score (nSPS) is 28.0. The van der Waals surface area contributed by atoms with Gasteiger partial charge in [-0.2, -0.15) is 5.26 Å². The summed E-state index contributed by atoms with van der Waals surface area (Å²) in [5.41, 5.74) is 1.61. The Balaban J connectivity index is 1.32. The minimum Gasteiger partial charge on any atom is -0.385 e. The van der Waals surface area contributed by atoms with Gasteiger partial charge < -0.3 is 14.8 Å². The zero-order valence-corrected chi connectivity index (χ0v) is 15.6. The second-order valence-corrected chi connectivity index (χ2v) is 8.15. The summed E-state index contributed by atoms with van der Waals surface area (Å²) in [5.74, 6) is 0.283. The minimum atomic E-state index is -0.969. The Morgan fingerprint density at radius 1 is 1.36 bits per heavy atom. The summed E-state index contributed by atoms with van der Waals surface area (Å²) in [4.78, 5) is 16.6. The third-order valence-corrected chi connectivity index (χ3v) is 6.22. The number of aliphatic hydroxyl groups is 1. The molecule has 5 rings (SSSR count). The molecule has 2 aromatic heterocycles. The summed E-state index contributed by atoms with van der Waals surface area (Å²) in [7, 11) is 0. The van der Waals surface area contributed by atoms with Crippen LogP contribution in [0, 0.1) is 23.2 Å². The van der Waals surface area contributed by atoms with Crippen LogP contribution in [-0.2, 0) is 5.60 Å². The van der Waals surface area contributed by atoms with E-state index in [2.05, 4.69) is 10.3 Å². The average Bonchev–Trinajstić information content (AvgIpc) is 3.06. The number of nitrogens with one attached hydrogen (secondary N) is 1. The van der Waals surface area contributed by atoms with E-state index in [1.54, 1.807) is 43.0 Å². The van der Waals surface area contributed by atoms with Crippen LogP contribution in [0.1, 0.15) is 34.3 Å². The molecule has 140 valence electrons. The Kier molecular flexibility index (Phi) is 3.73. The summed E-state index contributed by atoms with van der Waals surface area (Å²) < 4.78 is 1.82. The van der Waals surface area contributed by atoms with E-state index in [1.165, 1.54) is 0 Å². The Morgan fingerprint density at radius 3 is 2.89 bits per heavy atom. The quantitative estimate of drug-likeness (QED) is 0.717. The van der Waals surface area contributed by atoms with Gasteiger partial charge in [0.25, 0.3) is 5.91 Å². The van der Waals surface area contributed by atoms with Crippen LogP contribution in [0.5, 0.6) is 0 Å². The highest BCUT2D eigenvalue weighted by molar-refractivity contribution is 6.30. The lowest BCUT2D eigenvalue weighted by molar-refractivity contribution is 0.0289. The third kappa shape index (κ3) is 2.67. The molecule has 0 aliphatic heterocycles. The van der Waals surface area contributed by atoms with Gasteiger partial charge in [-0.05, 0) is 48.9 Å². The number of nitrogens with zero attached hydrogens (tertiary/aromatic N) is 3. The monoisotopic (exact) mass is 392 g/mol. The van der Waals surface area contributed by atoms with Crippen LogP contribution in [0.15, 0.2) is 49.1 Å². The van der Waals surface area contributed by atoms with E-state index in [-0.39, 0.29) is 23.8 Å². The number of aromatic nitrogens is 2. The van der Waals surface area contributed by atoms with E-state index in [9.17, 15) is 9.90 Å². The first-order chi connectivity index (χ1) is 13.5. The summed E-state index contributed by atoms with van der Waals surface area (Å²) in [6, 6.07) is 10.6. The van der Waals surface area contributed by atoms with Gasteiger partial charge in [0.15, 0.2) is 0 Å². The van der Waals surface area contributed by atoms with Crippen LogP contribution in [0.3, 0.4) is 0 Å². The highest BCUT2D eigenvalue weighted by atomic mass is 35.5. The van der Waals surface area contributed by atoms with Gasteiger partial charge in [0.2, 0.25) is 0 Å². The molecule has 1 amide bonds. The van der Waals surface area contributed by atoms with E-state index < -0.39 is 5.60 Å². The fraction of sp³-hybridized carbons (Fsp3) is 0.286. The first kappa shape index (κ1) is 17.2. The molecule has 2 fully saturated rings. The summed E-state index contributed by atoms with van der Waals surface area (Å²) in [6.45, 7) is 0. The van der Waals surface area contributed by atoms with Crippen LogP contribution in [-0.4, -0.2) is 26.4 Å². The molecule has 4 atom stereocenters. The van der Waals surface area contributed by atoms with Crippen molar-refractivity contribution >= 4 is 23.0 Å². The second-order valence-electron chi connectivity index (χ2n) is 7.72. The van der Waals surface area contributed by atoms with Gasteiger partial charge >= 0.3 is 0 Å². The first-order valence-corrected chi connectivity index (χ1v) is 9.51. The maximum absolute atomic E-state index is 12.5. The molecule has 2 saturated carbocycles. The van der Waals surface area contributed by atoms with Crippen molar-refractivity contribution in [3.8, 4) is 6.07 Å². The first-order valence-electron chi connectivity index (χ1n) is 9.14. The van der Waals surface area contributed by atoms with E-state index in [1.807, 2.05) is 16.5 Å². The predicted octanol–water partition coefficient (Wildman–Crippen LogP) is 2.89. The number of benzene rings is 1. The standard InChI is InChI=1S/C21H17ClN4O2/c22-14-5-17(18-9-24-11-26(18)10-14)21(28)6-15-16(7-21)19(15)25-20(27)13-3-1-2-12(4-13)8-23/h1-5,9-11,15-16,19,28H,6-7H2,(H,25,27)/t15-,16+,19?,21?. The molecule has 0 bridgehead atoms. The van der Waals surface area contributed by atoms with Gasteiger partial charge in [-0.3, -0.25) is 4.79 Å². The molecule has 3 aromatic rings. The number of hydrogen-bond acceptors (Lipinski definition) is 4. The zero-order chi connectivity index (χ0) is 19.5. The Hall–Kier alpha value is -2.88. The maximum atomic E-state index is 12.5. The topological polar surface area (TPSA) is 90.4 Å². The van der Waals surface area contributed by atoms with Gasteiger partial charge in [-0.15, -0.1) is 0 Å². The molecular weight excluding hydrogens is 376 g/mol. The lowest BCUT2D eigenvalue weighted by Crippen LogP contribution is -2.33. The van der Waals surface area contributed by atoms with Crippen molar-refractivity contribution in [2.45, 2.75) is 24.5 Å². The van der Waals surface area contributed by atoms with E-state index >= 15 is 0 Å². The molecule has 0 radical (unpaired) electrons. The van der Waals surface area contributed by atoms with Crippen molar-refractivity contribution in [1.82, 2.24) is 14.7 Å². The highest BCUT2D eigenvalue weighted by Crippen LogP contribution is 2.60. The van der Waals surface area contributed by atoms with Gasteiger partial charge in [-0.1, -0.05) is 17.7 Å². The third-order valence-electron chi connectivity index (χ3n) is 6.02. The number of amides is 1. The van der Waals surface area contributed by atoms with Crippen molar-refractivity contribution in [2.75, 3.05) is 0 Å². The molecule has 1 aromatic carbocycles. The molecule has 2 N–H and O–H groups in total. The molecule has 6 nitrogen and oxygen atoms in total. The number of rotatable bonds is 3. The van der Waals surface area contributed by atoms with Crippen LogP contribution < -0.4 is 5.32 Å². The van der Waals surface area contributed by atoms with Crippen LogP contribution in [0.25, 0.3) is 5.52 Å². The Bertz CT molecular complexity index is 1140. The number of carbonyl (C=O) groups excluding carboxylic acids is 1. The van der Waals surface area contributed by atoms with E-state index in [0.717, 1.165) is 11.1 Å². The summed E-state index contributed by atoms with van der Waals surface area (Å²) in [5, 5.41) is 23.9. The lowest BCUT2D eigenvalue weighted by Gasteiger charge is -2.27. The fourth-order valence-electron chi connectivity index (χ4n) is 4.63. The van der Waals surface area contributed by atoms with E-state index in [4.69, 9.17) is 16.9 Å². The number of halogens is 1. The minimum absolute atomic E-state index is 0.0543. The van der Waals surface area contributed by atoms with Gasteiger partial charge in [-0.25, -0.2) is 4.98 Å². The number of hydrogen-bond donors (Lipinski definition) is 2. The molecule has 2 heterocycles. The largest absolute Gasteiger partial charge is 0.385 e. The van der Waals surface area contributed by atoms with Gasteiger partial charge in [0.1, 0.15) is 0 Å². The van der Waals surface area contributed by atoms with E-state index in [0.29, 0.717) is 29.0 Å². The zero-order valence-electron chi connectivity index (χ0n) is 14.8. The highest BCUT2D eigenvalue weighted by Gasteiger charge is 2.62. The number of nitriles is 1. The van der Waals surface area contributed by atoms with Gasteiger partial charge in [0, 0.05) is 23.4 Å². The fourth-order valence-corrected chi connectivity index (χ4v) is 4.85. The molecule has 2 aliphatic rings. The average molecular weight is 393 g/mol. The number of pyridine rings is 1. The van der Waals surface area contributed by atoms with Crippen molar-refractivity contribution < 1.29 is 9.90 Å². The summed E-state index contributed by atoms with van der Waals surface area (Å²) >= 11 is 6.22. The van der Waals surface area contributed by atoms with Crippen molar-refractivity contribution in [2.24, 2.45) is 11.8 Å². The SMILES string of the molecule is N#Cc1cccc(C(=O)NC2[C@H]3CC(O)(c4cc(Cl)cn5cncc45)C[C@@H]23)c1. The van der Waals surface area contributed by atoms with Crippen LogP contribution in [0.2, 0.25) is 5.02 Å². The number of imidazole rings is 1. The van der Waals surface area contributed by atoms with Crippen molar-refractivity contribution in [1.29, 1.82) is 5.26 Å². The van der Waals surface area contributed by atoms with Crippen LogP contribution >= 0.6 is 11.6 Å². The number of carbonyl (C=O) groups is 1. The second kappa shape index (κ2) is 6.06. The summed E-state index contributed by atoms with van der Waals surface area (Å²) in [6.07, 6.45) is 6.31.